The highest BCUT2D eigenvalue weighted by atomic mass is 32.1. The minimum Gasteiger partial charge on any atom is -0.292 e. The maximum absolute atomic E-state index is 9.06. The highest BCUT2D eigenvalue weighted by Crippen LogP contribution is 2.49. The van der Waals surface area contributed by atoms with Gasteiger partial charge in [0, 0.05) is 31.4 Å². The second-order valence-electron chi connectivity index (χ2n) is 11.6. The number of benzene rings is 8. The molecule has 0 N–H and O–H groups in total. The average molecular weight is 639 g/mol. The van der Waals surface area contributed by atoms with Crippen molar-refractivity contribution in [2.75, 3.05) is 0 Å². The minimum atomic E-state index is -0.500. The summed E-state index contributed by atoms with van der Waals surface area (Å²) in [5, 5.41) is 5.18. The first-order chi connectivity index (χ1) is 28.0. The summed E-state index contributed by atoms with van der Waals surface area (Å²) in [4.78, 5) is 5.15. The van der Waals surface area contributed by atoms with E-state index in [-0.39, 0.29) is 35.4 Å². The zero-order valence-electron chi connectivity index (χ0n) is 35.2. The van der Waals surface area contributed by atoms with Crippen molar-refractivity contribution < 1.29 is 13.7 Å². The van der Waals surface area contributed by atoms with Crippen molar-refractivity contribution in [2.45, 2.75) is 0 Å². The number of rotatable bonds is 4. The summed E-state index contributed by atoms with van der Waals surface area (Å²) in [5.41, 5.74) is 3.99. The van der Waals surface area contributed by atoms with E-state index in [9.17, 15) is 0 Å². The lowest BCUT2D eigenvalue weighted by Gasteiger charge is -2.20. The maximum atomic E-state index is 9.06. The molecular formula is C45H28N2S. The molecule has 3 heteroatoms. The zero-order chi connectivity index (χ0) is 40.3. The molecular weight excluding hydrogens is 601 g/mol. The van der Waals surface area contributed by atoms with Crippen molar-refractivity contribution in [1.82, 2.24) is 9.55 Å². The van der Waals surface area contributed by atoms with E-state index in [1.165, 1.54) is 0 Å². The summed E-state index contributed by atoms with van der Waals surface area (Å²) in [6.45, 7) is 0. The van der Waals surface area contributed by atoms with Crippen LogP contribution in [-0.4, -0.2) is 9.55 Å². The minimum absolute atomic E-state index is 0.0405. The topological polar surface area (TPSA) is 17.8 Å². The second kappa shape index (κ2) is 10.8. The quantitative estimate of drug-likeness (QED) is 0.175. The molecule has 0 bridgehead atoms. The van der Waals surface area contributed by atoms with Crippen molar-refractivity contribution in [1.29, 1.82) is 0 Å². The van der Waals surface area contributed by atoms with Crippen molar-refractivity contribution in [3.8, 4) is 39.3 Å². The van der Waals surface area contributed by atoms with Gasteiger partial charge in [-0.3, -0.25) is 4.57 Å². The van der Waals surface area contributed by atoms with Crippen LogP contribution in [0.15, 0.2) is 170 Å². The first-order valence-electron chi connectivity index (χ1n) is 20.5. The molecule has 0 aliphatic rings. The fourth-order valence-electron chi connectivity index (χ4n) is 7.02. The van der Waals surface area contributed by atoms with Crippen molar-refractivity contribution >= 4 is 64.1 Å². The molecule has 0 aliphatic heterocycles. The molecule has 0 unspecified atom stereocenters. The van der Waals surface area contributed by atoms with Crippen LogP contribution in [-0.2, 0) is 0 Å². The van der Waals surface area contributed by atoms with E-state index < -0.39 is 36.3 Å². The third-order valence-corrected chi connectivity index (χ3v) is 10.1. The Morgan fingerprint density at radius 2 is 1.19 bits per heavy atom. The molecule has 2 heterocycles. The van der Waals surface area contributed by atoms with E-state index in [0.717, 1.165) is 42.1 Å². The van der Waals surface area contributed by atoms with Gasteiger partial charge in [0.05, 0.1) is 24.7 Å². The van der Waals surface area contributed by atoms with E-state index in [1.54, 1.807) is 22.0 Å². The number of imidazole rings is 1. The summed E-state index contributed by atoms with van der Waals surface area (Å²) in [5.74, 6) is 0.349. The van der Waals surface area contributed by atoms with Crippen LogP contribution in [0.1, 0.15) is 13.7 Å². The van der Waals surface area contributed by atoms with E-state index in [0.29, 0.717) is 38.8 Å². The van der Waals surface area contributed by atoms with E-state index in [4.69, 9.17) is 18.7 Å². The van der Waals surface area contributed by atoms with Crippen molar-refractivity contribution in [2.24, 2.45) is 0 Å². The Kier molecular flexibility index (Phi) is 4.25. The van der Waals surface area contributed by atoms with E-state index in [1.807, 2.05) is 78.9 Å². The van der Waals surface area contributed by atoms with Crippen LogP contribution in [0.25, 0.3) is 92.1 Å². The Bertz CT molecular complexity index is 3370. The van der Waals surface area contributed by atoms with Gasteiger partial charge in [0.2, 0.25) is 0 Å². The third kappa shape index (κ3) is 4.08. The Hall–Kier alpha value is -6.03. The van der Waals surface area contributed by atoms with Crippen LogP contribution in [0, 0.1) is 0 Å². The highest BCUT2D eigenvalue weighted by Gasteiger charge is 2.24. The van der Waals surface area contributed by atoms with Gasteiger partial charge >= 0.3 is 0 Å². The molecule has 0 aliphatic carbocycles. The van der Waals surface area contributed by atoms with Crippen LogP contribution in [0.4, 0.5) is 0 Å². The number of para-hydroxylation sites is 3. The maximum Gasteiger partial charge on any atom is 0.146 e. The Labute approximate surface area is 295 Å². The first kappa shape index (κ1) is 19.0. The summed E-state index contributed by atoms with van der Waals surface area (Å²) >= 11 is 1.70. The highest BCUT2D eigenvalue weighted by molar-refractivity contribution is 7.25. The molecule has 48 heavy (non-hydrogen) atoms. The standard InChI is InChI=1S/C45H28N2S/c1-3-14-29(15-4-1)30-26-27-34-37(28-30)42(36-21-13-25-41-43(36)35-20-9-12-24-40(35)48-41)32-18-7-8-19-33(32)44(34)45-46-38-22-10-11-23-39(38)47(45)31-16-5-2-6-17-31/h1-28H/i1D,2D,3D,4D,5D,6D,14D,15D,16D,17D. The van der Waals surface area contributed by atoms with Gasteiger partial charge in [-0.2, -0.15) is 0 Å². The molecule has 0 fully saturated rings. The fourth-order valence-corrected chi connectivity index (χ4v) is 8.15. The molecule has 10 aromatic rings. The van der Waals surface area contributed by atoms with Crippen LogP contribution in [0.5, 0.6) is 0 Å². The Morgan fingerprint density at radius 3 is 2.02 bits per heavy atom. The second-order valence-corrected chi connectivity index (χ2v) is 12.6. The summed E-state index contributed by atoms with van der Waals surface area (Å²) in [6.07, 6.45) is 0. The van der Waals surface area contributed by atoms with E-state index in [2.05, 4.69) is 24.3 Å². The lowest BCUT2D eigenvalue weighted by atomic mass is 9.85. The van der Waals surface area contributed by atoms with Gasteiger partial charge in [-0.05, 0) is 86.2 Å². The average Bonchev–Trinajstić information content (AvgIpc) is 3.81. The molecule has 8 aromatic carbocycles. The monoisotopic (exact) mass is 638 g/mol. The van der Waals surface area contributed by atoms with Gasteiger partial charge in [0.25, 0.3) is 0 Å². The van der Waals surface area contributed by atoms with Crippen molar-refractivity contribution in [3.05, 3.63) is 170 Å². The van der Waals surface area contributed by atoms with Crippen LogP contribution in [0.2, 0.25) is 0 Å². The van der Waals surface area contributed by atoms with Gasteiger partial charge in [-0.25, -0.2) is 4.98 Å². The summed E-state index contributed by atoms with van der Waals surface area (Å²) < 4.78 is 90.5. The molecule has 0 amide bonds. The predicted octanol–water partition coefficient (Wildman–Crippen LogP) is 12.7. The molecule has 0 spiro atoms. The number of hydrogen-bond donors (Lipinski definition) is 0. The predicted molar refractivity (Wildman–Crippen MR) is 205 cm³/mol. The van der Waals surface area contributed by atoms with Gasteiger partial charge in [0.1, 0.15) is 5.82 Å². The molecule has 0 saturated heterocycles. The largest absolute Gasteiger partial charge is 0.292 e. The van der Waals surface area contributed by atoms with Crippen LogP contribution < -0.4 is 0 Å². The van der Waals surface area contributed by atoms with Crippen molar-refractivity contribution in [3.63, 3.8) is 0 Å². The number of fused-ring (bicyclic) bond motifs is 6. The molecule has 0 radical (unpaired) electrons. The number of nitrogens with zero attached hydrogens (tertiary/aromatic N) is 2. The Morgan fingerprint density at radius 1 is 0.521 bits per heavy atom. The Balaban J connectivity index is 1.42. The smallest absolute Gasteiger partial charge is 0.146 e. The van der Waals surface area contributed by atoms with Crippen LogP contribution >= 0.6 is 11.3 Å². The lowest BCUT2D eigenvalue weighted by molar-refractivity contribution is 1.11. The molecule has 0 atom stereocenters. The molecule has 2 nitrogen and oxygen atoms in total. The summed E-state index contributed by atoms with van der Waals surface area (Å²) in [6, 6.07) is 31.0. The number of hydrogen-bond acceptors (Lipinski definition) is 2. The number of aromatic nitrogens is 2. The normalized spacial score (nSPS) is 14.7. The van der Waals surface area contributed by atoms with E-state index >= 15 is 0 Å². The number of thiophene rings is 1. The summed E-state index contributed by atoms with van der Waals surface area (Å²) in [7, 11) is 0. The molecule has 224 valence electrons. The molecule has 10 rings (SSSR count). The SMILES string of the molecule is [2H]c1c([2H])c([2H])c(-c2ccc3c(-c4nc5ccccc5n4-c4c([2H])c([2H])c([2H])c([2H])c4[2H])c4ccccc4c(-c4cccc5sc6ccccc6c45)c3c2)c([2H])c1[2H]. The zero-order valence-corrected chi connectivity index (χ0v) is 26.0. The lowest BCUT2D eigenvalue weighted by Crippen LogP contribution is -2.00. The van der Waals surface area contributed by atoms with Gasteiger partial charge in [0.15, 0.2) is 0 Å². The molecule has 2 aromatic heterocycles. The first-order valence-corrected chi connectivity index (χ1v) is 16.3. The van der Waals surface area contributed by atoms with Gasteiger partial charge in [-0.1, -0.05) is 127 Å². The third-order valence-electron chi connectivity index (χ3n) is 8.98. The molecule has 0 saturated carbocycles. The van der Waals surface area contributed by atoms with Crippen LogP contribution in [0.3, 0.4) is 0 Å². The fraction of sp³-hybridized carbons (Fsp3) is 0. The van der Waals surface area contributed by atoms with Gasteiger partial charge in [-0.15, -0.1) is 11.3 Å². The van der Waals surface area contributed by atoms with Gasteiger partial charge < -0.3 is 0 Å².